The molecular weight excluding hydrogens is 288 g/mol. The largest absolute Gasteiger partial charge is 0.350 e. The SMILES string of the molecule is CNC(C)CNC(=O)c1cnn(-c2ccccc2C)c1.Cl. The number of hydrogen-bond acceptors (Lipinski definition) is 3. The summed E-state index contributed by atoms with van der Waals surface area (Å²) in [6.07, 6.45) is 3.34. The maximum Gasteiger partial charge on any atom is 0.254 e. The number of halogens is 1. The molecule has 1 aromatic heterocycles. The number of carbonyl (C=O) groups excluding carboxylic acids is 1. The van der Waals surface area contributed by atoms with Crippen LogP contribution < -0.4 is 10.6 Å². The number of carbonyl (C=O) groups is 1. The van der Waals surface area contributed by atoms with Crippen molar-refractivity contribution in [3.8, 4) is 5.69 Å². The average molecular weight is 309 g/mol. The van der Waals surface area contributed by atoms with Crippen molar-refractivity contribution in [2.45, 2.75) is 19.9 Å². The number of rotatable bonds is 5. The minimum Gasteiger partial charge on any atom is -0.350 e. The number of para-hydroxylation sites is 1. The van der Waals surface area contributed by atoms with Crippen LogP contribution in [0.1, 0.15) is 22.8 Å². The summed E-state index contributed by atoms with van der Waals surface area (Å²) in [7, 11) is 1.87. The molecule has 2 aromatic rings. The number of aromatic nitrogens is 2. The van der Waals surface area contributed by atoms with E-state index >= 15 is 0 Å². The van der Waals surface area contributed by atoms with E-state index in [-0.39, 0.29) is 24.4 Å². The molecule has 0 radical (unpaired) electrons. The fourth-order valence-corrected chi connectivity index (χ4v) is 1.84. The van der Waals surface area contributed by atoms with Crippen molar-refractivity contribution in [2.75, 3.05) is 13.6 Å². The van der Waals surface area contributed by atoms with Gasteiger partial charge in [0.05, 0.1) is 17.4 Å². The lowest BCUT2D eigenvalue weighted by Gasteiger charge is -2.10. The van der Waals surface area contributed by atoms with E-state index in [4.69, 9.17) is 0 Å². The van der Waals surface area contributed by atoms with E-state index in [9.17, 15) is 4.79 Å². The minimum absolute atomic E-state index is 0. The Labute approximate surface area is 131 Å². The Kier molecular flexibility index (Phi) is 6.39. The lowest BCUT2D eigenvalue weighted by molar-refractivity contribution is 0.0950. The molecule has 1 aromatic carbocycles. The predicted octanol–water partition coefficient (Wildman–Crippen LogP) is 1.94. The molecule has 2 rings (SSSR count). The van der Waals surface area contributed by atoms with E-state index in [1.165, 1.54) is 0 Å². The fourth-order valence-electron chi connectivity index (χ4n) is 1.84. The number of nitrogens with one attached hydrogen (secondary N) is 2. The average Bonchev–Trinajstić information content (AvgIpc) is 2.94. The molecule has 1 heterocycles. The Morgan fingerprint density at radius 2 is 2.10 bits per heavy atom. The standard InChI is InChI=1S/C15H20N4O.ClH/c1-11-6-4-5-7-14(11)19-10-13(9-18-19)15(20)17-8-12(2)16-3;/h4-7,9-10,12,16H,8H2,1-3H3,(H,17,20);1H. The van der Waals surface area contributed by atoms with Crippen molar-refractivity contribution in [1.82, 2.24) is 20.4 Å². The smallest absolute Gasteiger partial charge is 0.254 e. The molecule has 2 N–H and O–H groups in total. The van der Waals surface area contributed by atoms with E-state index < -0.39 is 0 Å². The molecule has 114 valence electrons. The van der Waals surface area contributed by atoms with E-state index in [2.05, 4.69) is 15.7 Å². The monoisotopic (exact) mass is 308 g/mol. The van der Waals surface area contributed by atoms with Gasteiger partial charge in [-0.1, -0.05) is 18.2 Å². The molecule has 0 saturated heterocycles. The Hall–Kier alpha value is -1.85. The van der Waals surface area contributed by atoms with Gasteiger partial charge in [0.1, 0.15) is 0 Å². The molecular formula is C15H21ClN4O. The lowest BCUT2D eigenvalue weighted by Crippen LogP contribution is -2.37. The van der Waals surface area contributed by atoms with Crippen molar-refractivity contribution in [2.24, 2.45) is 0 Å². The summed E-state index contributed by atoms with van der Waals surface area (Å²) >= 11 is 0. The summed E-state index contributed by atoms with van der Waals surface area (Å²) in [5.74, 6) is -0.105. The zero-order chi connectivity index (χ0) is 14.5. The lowest BCUT2D eigenvalue weighted by atomic mass is 10.2. The molecule has 0 aliphatic rings. The maximum absolute atomic E-state index is 12.0. The van der Waals surface area contributed by atoms with Gasteiger partial charge in [-0.15, -0.1) is 12.4 Å². The Morgan fingerprint density at radius 3 is 2.76 bits per heavy atom. The van der Waals surface area contributed by atoms with Crippen molar-refractivity contribution in [3.63, 3.8) is 0 Å². The molecule has 0 spiro atoms. The van der Waals surface area contributed by atoms with E-state index in [1.54, 1.807) is 17.1 Å². The van der Waals surface area contributed by atoms with Crippen molar-refractivity contribution < 1.29 is 4.79 Å². The zero-order valence-corrected chi connectivity index (χ0v) is 13.3. The molecule has 0 aliphatic heterocycles. The molecule has 1 amide bonds. The second-order valence-corrected chi connectivity index (χ2v) is 4.86. The van der Waals surface area contributed by atoms with Crippen LogP contribution in [0, 0.1) is 6.92 Å². The van der Waals surface area contributed by atoms with Gasteiger partial charge >= 0.3 is 0 Å². The highest BCUT2D eigenvalue weighted by atomic mass is 35.5. The third kappa shape index (κ3) is 4.31. The highest BCUT2D eigenvalue weighted by molar-refractivity contribution is 5.93. The van der Waals surface area contributed by atoms with Crippen LogP contribution in [0.15, 0.2) is 36.7 Å². The van der Waals surface area contributed by atoms with Crippen LogP contribution in [0.5, 0.6) is 0 Å². The number of amides is 1. The van der Waals surface area contributed by atoms with Crippen LogP contribution in [-0.2, 0) is 0 Å². The quantitative estimate of drug-likeness (QED) is 0.887. The third-order valence-corrected chi connectivity index (χ3v) is 3.27. The summed E-state index contributed by atoms with van der Waals surface area (Å²) < 4.78 is 1.73. The van der Waals surface area contributed by atoms with Crippen LogP contribution in [0.25, 0.3) is 5.69 Å². The van der Waals surface area contributed by atoms with Crippen LogP contribution in [0.4, 0.5) is 0 Å². The first kappa shape index (κ1) is 17.2. The van der Waals surface area contributed by atoms with E-state index in [1.807, 2.05) is 45.2 Å². The summed E-state index contributed by atoms with van der Waals surface area (Å²) in [6.45, 7) is 4.62. The van der Waals surface area contributed by atoms with Gasteiger partial charge < -0.3 is 10.6 Å². The number of aryl methyl sites for hydroxylation is 1. The van der Waals surface area contributed by atoms with E-state index in [0.29, 0.717) is 12.1 Å². The maximum atomic E-state index is 12.0. The first-order valence-corrected chi connectivity index (χ1v) is 6.68. The molecule has 5 nitrogen and oxygen atoms in total. The first-order chi connectivity index (χ1) is 9.61. The Morgan fingerprint density at radius 1 is 1.38 bits per heavy atom. The molecule has 21 heavy (non-hydrogen) atoms. The molecule has 0 bridgehead atoms. The van der Waals surface area contributed by atoms with Gasteiger partial charge in [-0.25, -0.2) is 4.68 Å². The van der Waals surface area contributed by atoms with Gasteiger partial charge in [0.15, 0.2) is 0 Å². The summed E-state index contributed by atoms with van der Waals surface area (Å²) in [4.78, 5) is 12.0. The minimum atomic E-state index is -0.105. The van der Waals surface area contributed by atoms with Gasteiger partial charge in [0.25, 0.3) is 5.91 Å². The van der Waals surface area contributed by atoms with Gasteiger partial charge in [-0.2, -0.15) is 5.10 Å². The number of nitrogens with zero attached hydrogens (tertiary/aromatic N) is 2. The number of hydrogen-bond donors (Lipinski definition) is 2. The topological polar surface area (TPSA) is 58.9 Å². The third-order valence-electron chi connectivity index (χ3n) is 3.27. The van der Waals surface area contributed by atoms with Crippen molar-refractivity contribution >= 4 is 18.3 Å². The fraction of sp³-hybridized carbons (Fsp3) is 0.333. The highest BCUT2D eigenvalue weighted by Crippen LogP contribution is 2.13. The highest BCUT2D eigenvalue weighted by Gasteiger charge is 2.10. The van der Waals surface area contributed by atoms with Crippen molar-refractivity contribution in [3.05, 3.63) is 47.8 Å². The van der Waals surface area contributed by atoms with Gasteiger partial charge in [0.2, 0.25) is 0 Å². The van der Waals surface area contributed by atoms with Crippen LogP contribution >= 0.6 is 12.4 Å². The van der Waals surface area contributed by atoms with Crippen LogP contribution in [-0.4, -0.2) is 35.3 Å². The number of benzene rings is 1. The summed E-state index contributed by atoms with van der Waals surface area (Å²) in [5, 5.41) is 10.2. The number of likely N-dealkylation sites (N-methyl/N-ethyl adjacent to an activating group) is 1. The predicted molar refractivity (Wildman–Crippen MR) is 86.4 cm³/mol. The zero-order valence-electron chi connectivity index (χ0n) is 12.5. The normalized spacial score (nSPS) is 11.6. The second kappa shape index (κ2) is 7.81. The van der Waals surface area contributed by atoms with E-state index in [0.717, 1.165) is 11.3 Å². The Bertz CT molecular complexity index is 597. The van der Waals surface area contributed by atoms with Crippen molar-refractivity contribution in [1.29, 1.82) is 0 Å². The van der Waals surface area contributed by atoms with Gasteiger partial charge in [-0.05, 0) is 32.5 Å². The molecule has 0 saturated carbocycles. The van der Waals surface area contributed by atoms with Crippen LogP contribution in [0.2, 0.25) is 0 Å². The van der Waals surface area contributed by atoms with Crippen LogP contribution in [0.3, 0.4) is 0 Å². The van der Waals surface area contributed by atoms with Gasteiger partial charge in [0, 0.05) is 18.8 Å². The molecule has 6 heteroatoms. The molecule has 1 unspecified atom stereocenters. The molecule has 0 aliphatic carbocycles. The first-order valence-electron chi connectivity index (χ1n) is 6.68. The Balaban J connectivity index is 0.00000220. The van der Waals surface area contributed by atoms with Gasteiger partial charge in [-0.3, -0.25) is 4.79 Å². The summed E-state index contributed by atoms with van der Waals surface area (Å²) in [5.41, 5.74) is 2.66. The summed E-state index contributed by atoms with van der Waals surface area (Å²) in [6, 6.07) is 8.18. The molecule has 0 fully saturated rings. The second-order valence-electron chi connectivity index (χ2n) is 4.86. The molecule has 1 atom stereocenters.